The number of aliphatic carboxylic acids is 1. The monoisotopic (exact) mass is 251 g/mol. The van der Waals surface area contributed by atoms with Gasteiger partial charge in [0.1, 0.15) is 5.82 Å². The van der Waals surface area contributed by atoms with Gasteiger partial charge in [0.25, 0.3) is 0 Å². The Morgan fingerprint density at radius 2 is 2.50 bits per heavy atom. The van der Waals surface area contributed by atoms with Crippen LogP contribution >= 0.6 is 0 Å². The normalized spacial score (nSPS) is 20.8. The van der Waals surface area contributed by atoms with Crippen molar-refractivity contribution in [2.75, 3.05) is 25.5 Å². The number of hydrogen-bond donors (Lipinski definition) is 2. The molecule has 2 heterocycles. The predicted octanol–water partition coefficient (Wildman–Crippen LogP) is 0.339. The van der Waals surface area contributed by atoms with Gasteiger partial charge >= 0.3 is 5.97 Å². The molecule has 0 bridgehead atoms. The van der Waals surface area contributed by atoms with Crippen LogP contribution in [0.15, 0.2) is 18.3 Å². The Bertz CT molecular complexity index is 425. The number of nitrogen functional groups attached to an aromatic ring is 1. The highest BCUT2D eigenvalue weighted by atomic mass is 16.5. The van der Waals surface area contributed by atoms with E-state index in [-0.39, 0.29) is 12.5 Å². The summed E-state index contributed by atoms with van der Waals surface area (Å²) in [4.78, 5) is 16.9. The number of nitrogens with zero attached hydrogens (tertiary/aromatic N) is 2. The Kier molecular flexibility index (Phi) is 4.11. The molecule has 0 amide bonds. The Morgan fingerprint density at radius 1 is 1.67 bits per heavy atom. The second-order valence-corrected chi connectivity index (χ2v) is 4.34. The molecule has 1 aliphatic heterocycles. The van der Waals surface area contributed by atoms with Crippen LogP contribution in [0.5, 0.6) is 0 Å². The van der Waals surface area contributed by atoms with Crippen LogP contribution in [0, 0.1) is 0 Å². The van der Waals surface area contributed by atoms with Crippen LogP contribution in [-0.4, -0.2) is 46.8 Å². The molecule has 2 rings (SSSR count). The summed E-state index contributed by atoms with van der Waals surface area (Å²) >= 11 is 0. The third-order valence-corrected chi connectivity index (χ3v) is 3.06. The van der Waals surface area contributed by atoms with Gasteiger partial charge in [-0.1, -0.05) is 6.07 Å². The highest BCUT2D eigenvalue weighted by Crippen LogP contribution is 2.17. The molecule has 1 aromatic heterocycles. The molecule has 6 nitrogen and oxygen atoms in total. The molecule has 1 aromatic rings. The number of pyridine rings is 1. The number of rotatable bonds is 4. The minimum Gasteiger partial charge on any atom is -0.481 e. The predicted molar refractivity (Wildman–Crippen MR) is 65.9 cm³/mol. The molecular weight excluding hydrogens is 234 g/mol. The van der Waals surface area contributed by atoms with Gasteiger partial charge in [0.15, 0.2) is 0 Å². The number of anilines is 1. The summed E-state index contributed by atoms with van der Waals surface area (Å²) in [5, 5.41) is 8.88. The van der Waals surface area contributed by atoms with Gasteiger partial charge in [-0.05, 0) is 6.07 Å². The maximum Gasteiger partial charge on any atom is 0.305 e. The number of nitrogens with two attached hydrogens (primary N) is 1. The van der Waals surface area contributed by atoms with E-state index in [1.54, 1.807) is 6.20 Å². The summed E-state index contributed by atoms with van der Waals surface area (Å²) in [6.07, 6.45) is 1.73. The van der Waals surface area contributed by atoms with Crippen molar-refractivity contribution in [2.45, 2.75) is 19.0 Å². The summed E-state index contributed by atoms with van der Waals surface area (Å²) in [6, 6.07) is 3.64. The van der Waals surface area contributed by atoms with Crippen molar-refractivity contribution in [2.24, 2.45) is 0 Å². The van der Waals surface area contributed by atoms with Gasteiger partial charge in [-0.15, -0.1) is 0 Å². The van der Waals surface area contributed by atoms with E-state index >= 15 is 0 Å². The van der Waals surface area contributed by atoms with Crippen molar-refractivity contribution in [1.29, 1.82) is 0 Å². The van der Waals surface area contributed by atoms with Crippen LogP contribution in [0.4, 0.5) is 5.82 Å². The second kappa shape index (κ2) is 5.79. The molecule has 0 aliphatic carbocycles. The molecule has 1 atom stereocenters. The molecule has 3 N–H and O–H groups in total. The Balaban J connectivity index is 2.05. The first-order valence-electron chi connectivity index (χ1n) is 5.90. The fourth-order valence-electron chi connectivity index (χ4n) is 2.09. The van der Waals surface area contributed by atoms with Crippen molar-refractivity contribution in [3.63, 3.8) is 0 Å². The molecule has 1 aliphatic rings. The van der Waals surface area contributed by atoms with E-state index in [1.807, 2.05) is 12.1 Å². The molecule has 6 heteroatoms. The van der Waals surface area contributed by atoms with Gasteiger partial charge in [0, 0.05) is 30.9 Å². The van der Waals surface area contributed by atoms with Crippen LogP contribution in [0.1, 0.15) is 12.0 Å². The lowest BCUT2D eigenvalue weighted by Crippen LogP contribution is -2.46. The van der Waals surface area contributed by atoms with Gasteiger partial charge in [0.05, 0.1) is 19.6 Å². The summed E-state index contributed by atoms with van der Waals surface area (Å²) < 4.78 is 5.33. The fourth-order valence-corrected chi connectivity index (χ4v) is 2.09. The highest BCUT2D eigenvalue weighted by Gasteiger charge is 2.25. The first-order valence-corrected chi connectivity index (χ1v) is 5.90. The molecule has 0 saturated carbocycles. The van der Waals surface area contributed by atoms with Crippen molar-refractivity contribution >= 4 is 11.8 Å². The average Bonchev–Trinajstić information content (AvgIpc) is 2.34. The number of aromatic nitrogens is 1. The van der Waals surface area contributed by atoms with Crippen molar-refractivity contribution in [1.82, 2.24) is 9.88 Å². The molecule has 0 unspecified atom stereocenters. The van der Waals surface area contributed by atoms with Crippen LogP contribution in [-0.2, 0) is 16.1 Å². The van der Waals surface area contributed by atoms with Crippen molar-refractivity contribution in [3.8, 4) is 0 Å². The molecule has 1 fully saturated rings. The Morgan fingerprint density at radius 3 is 3.22 bits per heavy atom. The molecule has 98 valence electrons. The summed E-state index contributed by atoms with van der Waals surface area (Å²) in [5.41, 5.74) is 6.72. The second-order valence-electron chi connectivity index (χ2n) is 4.34. The number of carboxylic acid groups (broad SMARTS) is 1. The largest absolute Gasteiger partial charge is 0.481 e. The molecule has 0 radical (unpaired) electrons. The number of carboxylic acids is 1. The van der Waals surface area contributed by atoms with E-state index in [1.165, 1.54) is 0 Å². The average molecular weight is 251 g/mol. The zero-order valence-corrected chi connectivity index (χ0v) is 10.1. The maximum atomic E-state index is 10.8. The number of hydrogen-bond acceptors (Lipinski definition) is 5. The highest BCUT2D eigenvalue weighted by molar-refractivity contribution is 5.67. The maximum absolute atomic E-state index is 10.8. The SMILES string of the molecule is Nc1ncccc1CN1CCOC[C@@H]1CC(=O)O. The zero-order chi connectivity index (χ0) is 13.0. The summed E-state index contributed by atoms with van der Waals surface area (Å²) in [5.74, 6) is -0.312. The van der Waals surface area contributed by atoms with Gasteiger partial charge in [-0.2, -0.15) is 0 Å². The van der Waals surface area contributed by atoms with Crippen molar-refractivity contribution < 1.29 is 14.6 Å². The number of ether oxygens (including phenoxy) is 1. The molecular formula is C12H17N3O3. The zero-order valence-electron chi connectivity index (χ0n) is 10.1. The first kappa shape index (κ1) is 12.8. The van der Waals surface area contributed by atoms with Gasteiger partial charge in [-0.25, -0.2) is 4.98 Å². The smallest absolute Gasteiger partial charge is 0.305 e. The quantitative estimate of drug-likeness (QED) is 0.802. The van der Waals surface area contributed by atoms with Crippen LogP contribution in [0.3, 0.4) is 0 Å². The van der Waals surface area contributed by atoms with E-state index in [0.29, 0.717) is 32.1 Å². The first-order chi connectivity index (χ1) is 8.66. The summed E-state index contributed by atoms with van der Waals surface area (Å²) in [6.45, 7) is 2.40. The fraction of sp³-hybridized carbons (Fsp3) is 0.500. The van der Waals surface area contributed by atoms with E-state index in [4.69, 9.17) is 15.6 Å². The van der Waals surface area contributed by atoms with Gasteiger partial charge in [-0.3, -0.25) is 9.69 Å². The Hall–Kier alpha value is -1.66. The number of morpholine rings is 1. The molecule has 0 spiro atoms. The van der Waals surface area contributed by atoms with Crippen LogP contribution in [0.2, 0.25) is 0 Å². The standard InChI is InChI=1S/C12H17N3O3/c13-12-9(2-1-3-14-12)7-15-4-5-18-8-10(15)6-11(16)17/h1-3,10H,4-8H2,(H2,13,14)(H,16,17)/t10-/m0/s1. The van der Waals surface area contributed by atoms with Crippen molar-refractivity contribution in [3.05, 3.63) is 23.9 Å². The third kappa shape index (κ3) is 3.18. The van der Waals surface area contributed by atoms with E-state index in [9.17, 15) is 4.79 Å². The summed E-state index contributed by atoms with van der Waals surface area (Å²) in [7, 11) is 0. The van der Waals surface area contributed by atoms with E-state index in [0.717, 1.165) is 5.56 Å². The third-order valence-electron chi connectivity index (χ3n) is 3.06. The van der Waals surface area contributed by atoms with Crippen LogP contribution < -0.4 is 5.73 Å². The minimum absolute atomic E-state index is 0.0835. The molecule has 18 heavy (non-hydrogen) atoms. The lowest BCUT2D eigenvalue weighted by molar-refractivity contribution is -0.140. The molecule has 1 saturated heterocycles. The van der Waals surface area contributed by atoms with Gasteiger partial charge < -0.3 is 15.6 Å². The van der Waals surface area contributed by atoms with Crippen LogP contribution in [0.25, 0.3) is 0 Å². The van der Waals surface area contributed by atoms with Gasteiger partial charge in [0.2, 0.25) is 0 Å². The van der Waals surface area contributed by atoms with E-state index in [2.05, 4.69) is 9.88 Å². The lowest BCUT2D eigenvalue weighted by atomic mass is 10.1. The number of carbonyl (C=O) groups is 1. The minimum atomic E-state index is -0.811. The lowest BCUT2D eigenvalue weighted by Gasteiger charge is -2.34. The molecule has 0 aromatic carbocycles. The van der Waals surface area contributed by atoms with E-state index < -0.39 is 5.97 Å². The Labute approximate surface area is 105 Å². The topological polar surface area (TPSA) is 88.7 Å².